The summed E-state index contributed by atoms with van der Waals surface area (Å²) < 4.78 is 0. The van der Waals surface area contributed by atoms with Crippen molar-refractivity contribution in [3.8, 4) is 0 Å². The molecule has 1 fully saturated rings. The highest BCUT2D eigenvalue weighted by Gasteiger charge is 2.16. The monoisotopic (exact) mass is 260 g/mol. The fraction of sp³-hybridized carbons (Fsp3) is 0.647. The van der Waals surface area contributed by atoms with Crippen molar-refractivity contribution in [3.05, 3.63) is 35.4 Å². The van der Waals surface area contributed by atoms with Crippen molar-refractivity contribution in [3.63, 3.8) is 0 Å². The molecule has 1 aliphatic rings. The zero-order valence-electron chi connectivity index (χ0n) is 12.5. The van der Waals surface area contributed by atoms with Gasteiger partial charge in [-0.1, -0.05) is 37.6 Å². The van der Waals surface area contributed by atoms with Crippen LogP contribution in [0.15, 0.2) is 24.3 Å². The number of nitrogens with one attached hydrogen (secondary N) is 1. The average molecular weight is 260 g/mol. The molecule has 2 heteroatoms. The standard InChI is InChI=1S/C17H28N2/c1-3-4-15-5-7-16(8-6-15)11-14-19(2)17-9-12-18-13-10-17/h5-8,17-18H,3-4,9-14H2,1-2H3. The lowest BCUT2D eigenvalue weighted by Gasteiger charge is -2.31. The molecule has 1 aromatic rings. The van der Waals surface area contributed by atoms with E-state index in [0.717, 1.165) is 6.04 Å². The van der Waals surface area contributed by atoms with Crippen molar-refractivity contribution < 1.29 is 0 Å². The Morgan fingerprint density at radius 3 is 2.21 bits per heavy atom. The number of aryl methyl sites for hydroxylation is 1. The number of hydrogen-bond acceptors (Lipinski definition) is 2. The first kappa shape index (κ1) is 14.5. The van der Waals surface area contributed by atoms with Crippen LogP contribution in [-0.2, 0) is 12.8 Å². The molecule has 1 aliphatic heterocycles. The van der Waals surface area contributed by atoms with Gasteiger partial charge in [0.2, 0.25) is 0 Å². The van der Waals surface area contributed by atoms with Crippen LogP contribution in [0, 0.1) is 0 Å². The van der Waals surface area contributed by atoms with E-state index >= 15 is 0 Å². The van der Waals surface area contributed by atoms with Crippen LogP contribution in [0.4, 0.5) is 0 Å². The Bertz CT molecular complexity index is 352. The van der Waals surface area contributed by atoms with Crippen LogP contribution >= 0.6 is 0 Å². The lowest BCUT2D eigenvalue weighted by Crippen LogP contribution is -2.41. The molecule has 0 aromatic heterocycles. The molecule has 1 saturated heterocycles. The highest BCUT2D eigenvalue weighted by atomic mass is 15.1. The van der Waals surface area contributed by atoms with Crippen molar-refractivity contribution in [2.24, 2.45) is 0 Å². The topological polar surface area (TPSA) is 15.3 Å². The zero-order valence-corrected chi connectivity index (χ0v) is 12.5. The molecule has 1 N–H and O–H groups in total. The molecule has 2 rings (SSSR count). The molecular formula is C17H28N2. The lowest BCUT2D eigenvalue weighted by atomic mass is 10.0. The second kappa shape index (κ2) is 7.66. The predicted molar refractivity (Wildman–Crippen MR) is 82.7 cm³/mol. The molecule has 0 spiro atoms. The smallest absolute Gasteiger partial charge is 0.0116 e. The van der Waals surface area contributed by atoms with E-state index in [9.17, 15) is 0 Å². The van der Waals surface area contributed by atoms with Gasteiger partial charge in [0.05, 0.1) is 0 Å². The normalized spacial score (nSPS) is 17.0. The maximum atomic E-state index is 3.43. The van der Waals surface area contributed by atoms with Crippen LogP contribution in [0.2, 0.25) is 0 Å². The van der Waals surface area contributed by atoms with Gasteiger partial charge in [0, 0.05) is 12.6 Å². The van der Waals surface area contributed by atoms with E-state index in [1.54, 1.807) is 0 Å². The average Bonchev–Trinajstić information content (AvgIpc) is 2.47. The third kappa shape index (κ3) is 4.63. The zero-order chi connectivity index (χ0) is 13.5. The molecule has 0 atom stereocenters. The molecule has 106 valence electrons. The Morgan fingerprint density at radius 2 is 1.63 bits per heavy atom. The van der Waals surface area contributed by atoms with Crippen LogP contribution in [0.25, 0.3) is 0 Å². The molecular weight excluding hydrogens is 232 g/mol. The fourth-order valence-electron chi connectivity index (χ4n) is 2.90. The molecule has 0 bridgehead atoms. The van der Waals surface area contributed by atoms with E-state index in [2.05, 4.69) is 48.5 Å². The van der Waals surface area contributed by atoms with Gasteiger partial charge in [-0.3, -0.25) is 0 Å². The quantitative estimate of drug-likeness (QED) is 0.846. The van der Waals surface area contributed by atoms with Gasteiger partial charge >= 0.3 is 0 Å². The highest BCUT2D eigenvalue weighted by molar-refractivity contribution is 5.22. The minimum absolute atomic E-state index is 0.778. The summed E-state index contributed by atoms with van der Waals surface area (Å²) in [4.78, 5) is 2.54. The third-order valence-electron chi connectivity index (χ3n) is 4.25. The summed E-state index contributed by atoms with van der Waals surface area (Å²) in [5, 5.41) is 3.43. The molecule has 2 nitrogen and oxygen atoms in total. The van der Waals surface area contributed by atoms with Gasteiger partial charge in [-0.15, -0.1) is 0 Å². The van der Waals surface area contributed by atoms with Crippen LogP contribution in [0.5, 0.6) is 0 Å². The number of benzene rings is 1. The largest absolute Gasteiger partial charge is 0.317 e. The minimum Gasteiger partial charge on any atom is -0.317 e. The molecule has 0 radical (unpaired) electrons. The third-order valence-corrected chi connectivity index (χ3v) is 4.25. The summed E-state index contributed by atoms with van der Waals surface area (Å²) in [5.74, 6) is 0. The Hall–Kier alpha value is -0.860. The van der Waals surface area contributed by atoms with Crippen molar-refractivity contribution in [2.45, 2.75) is 45.1 Å². The van der Waals surface area contributed by atoms with E-state index < -0.39 is 0 Å². The predicted octanol–water partition coefficient (Wildman–Crippen LogP) is 2.87. The van der Waals surface area contributed by atoms with E-state index in [1.807, 2.05) is 0 Å². The Morgan fingerprint density at radius 1 is 1.05 bits per heavy atom. The molecule has 19 heavy (non-hydrogen) atoms. The van der Waals surface area contributed by atoms with Crippen molar-refractivity contribution in [1.82, 2.24) is 10.2 Å². The Balaban J connectivity index is 1.77. The summed E-state index contributed by atoms with van der Waals surface area (Å²) in [6, 6.07) is 9.98. The molecule has 1 aromatic carbocycles. The number of nitrogens with zero attached hydrogens (tertiary/aromatic N) is 1. The first-order chi connectivity index (χ1) is 9.29. The van der Waals surface area contributed by atoms with Gasteiger partial charge in [0.15, 0.2) is 0 Å². The van der Waals surface area contributed by atoms with Gasteiger partial charge in [-0.25, -0.2) is 0 Å². The summed E-state index contributed by atoms with van der Waals surface area (Å²) in [7, 11) is 2.28. The number of rotatable bonds is 6. The van der Waals surface area contributed by atoms with Gasteiger partial charge in [-0.05, 0) is 56.9 Å². The maximum absolute atomic E-state index is 3.43. The second-order valence-corrected chi connectivity index (χ2v) is 5.78. The second-order valence-electron chi connectivity index (χ2n) is 5.78. The highest BCUT2D eigenvalue weighted by Crippen LogP contribution is 2.12. The van der Waals surface area contributed by atoms with E-state index in [4.69, 9.17) is 0 Å². The summed E-state index contributed by atoms with van der Waals surface area (Å²) in [5.41, 5.74) is 2.94. The van der Waals surface area contributed by atoms with Gasteiger partial charge < -0.3 is 10.2 Å². The fourth-order valence-corrected chi connectivity index (χ4v) is 2.90. The van der Waals surface area contributed by atoms with Gasteiger partial charge in [0.1, 0.15) is 0 Å². The van der Waals surface area contributed by atoms with Crippen molar-refractivity contribution in [1.29, 1.82) is 0 Å². The summed E-state index contributed by atoms with van der Waals surface area (Å²) in [6.07, 6.45) is 6.21. The SMILES string of the molecule is CCCc1ccc(CCN(C)C2CCNCC2)cc1. The number of likely N-dealkylation sites (N-methyl/N-ethyl adjacent to an activating group) is 1. The molecule has 0 saturated carbocycles. The molecule has 0 unspecified atom stereocenters. The van der Waals surface area contributed by atoms with Gasteiger partial charge in [-0.2, -0.15) is 0 Å². The van der Waals surface area contributed by atoms with Crippen molar-refractivity contribution in [2.75, 3.05) is 26.7 Å². The van der Waals surface area contributed by atoms with Crippen molar-refractivity contribution >= 4 is 0 Å². The van der Waals surface area contributed by atoms with E-state index in [0.29, 0.717) is 0 Å². The first-order valence-corrected chi connectivity index (χ1v) is 7.78. The molecule has 1 heterocycles. The van der Waals surface area contributed by atoms with Gasteiger partial charge in [0.25, 0.3) is 0 Å². The first-order valence-electron chi connectivity index (χ1n) is 7.78. The van der Waals surface area contributed by atoms with E-state index in [-0.39, 0.29) is 0 Å². The van der Waals surface area contributed by atoms with Crippen LogP contribution < -0.4 is 5.32 Å². The van der Waals surface area contributed by atoms with E-state index in [1.165, 1.54) is 62.9 Å². The Kier molecular flexibility index (Phi) is 5.87. The summed E-state index contributed by atoms with van der Waals surface area (Å²) >= 11 is 0. The molecule has 0 amide bonds. The van der Waals surface area contributed by atoms with Crippen LogP contribution in [0.3, 0.4) is 0 Å². The molecule has 0 aliphatic carbocycles. The summed E-state index contributed by atoms with van der Waals surface area (Å²) in [6.45, 7) is 5.78. The Labute approximate surface area is 118 Å². The number of piperidine rings is 1. The maximum Gasteiger partial charge on any atom is 0.0116 e. The number of hydrogen-bond donors (Lipinski definition) is 1. The van der Waals surface area contributed by atoms with Crippen LogP contribution in [0.1, 0.15) is 37.3 Å². The lowest BCUT2D eigenvalue weighted by molar-refractivity contribution is 0.201. The minimum atomic E-state index is 0.778. The van der Waals surface area contributed by atoms with Crippen LogP contribution in [-0.4, -0.2) is 37.6 Å².